The van der Waals surface area contributed by atoms with Gasteiger partial charge in [-0.15, -0.1) is 0 Å². The van der Waals surface area contributed by atoms with Crippen molar-refractivity contribution in [2.24, 2.45) is 11.8 Å². The van der Waals surface area contributed by atoms with Gasteiger partial charge in [-0.3, -0.25) is 9.69 Å². The molecule has 2 aromatic rings. The van der Waals surface area contributed by atoms with Crippen molar-refractivity contribution in [3.63, 3.8) is 0 Å². The van der Waals surface area contributed by atoms with E-state index in [4.69, 9.17) is 4.74 Å². The molecule has 0 atom stereocenters. The summed E-state index contributed by atoms with van der Waals surface area (Å²) in [7, 11) is 0. The van der Waals surface area contributed by atoms with Crippen molar-refractivity contribution in [1.29, 1.82) is 0 Å². The second kappa shape index (κ2) is 12.1. The molecule has 0 N–H and O–H groups in total. The lowest BCUT2D eigenvalue weighted by atomic mass is 9.78. The molecule has 6 rings (SSSR count). The Kier molecular flexibility index (Phi) is 8.15. The number of pyridine rings is 1. The number of hydrogen-bond acceptors (Lipinski definition) is 6. The summed E-state index contributed by atoms with van der Waals surface area (Å²) < 4.78 is 5.74. The third kappa shape index (κ3) is 6.01. The first kappa shape index (κ1) is 25.7. The van der Waals surface area contributed by atoms with Gasteiger partial charge in [0.05, 0.1) is 6.61 Å². The van der Waals surface area contributed by atoms with E-state index in [1.807, 2.05) is 12.3 Å². The minimum Gasteiger partial charge on any atom is -0.493 e. The fourth-order valence-electron chi connectivity index (χ4n) is 7.03. The van der Waals surface area contributed by atoms with Gasteiger partial charge < -0.3 is 14.5 Å². The van der Waals surface area contributed by atoms with Gasteiger partial charge in [0.25, 0.3) is 0 Å². The van der Waals surface area contributed by atoms with Gasteiger partial charge >= 0.3 is 0 Å². The van der Waals surface area contributed by atoms with E-state index in [2.05, 4.69) is 43.9 Å². The molecule has 1 saturated carbocycles. The summed E-state index contributed by atoms with van der Waals surface area (Å²) >= 11 is 0. The minimum absolute atomic E-state index is 0.335. The van der Waals surface area contributed by atoms with Gasteiger partial charge in [0.2, 0.25) is 0 Å². The van der Waals surface area contributed by atoms with Gasteiger partial charge in [-0.25, -0.2) is 4.98 Å². The summed E-state index contributed by atoms with van der Waals surface area (Å²) in [5, 5.41) is 0. The standard InChI is InChI=1S/C32H44N4O2/c37-30(27-8-10-28(11-9-27)35-16-2-1-3-17-35)24-26-6-4-25(5-7-26)13-18-34-19-21-36(22-20-34)32-29-14-23-38-31(29)12-15-33-32/h8-12,15,25-26H,1-7,13-14,16-24H2. The number of ether oxygens (including phenoxy) is 1. The molecule has 6 heteroatoms. The second-order valence-corrected chi connectivity index (χ2v) is 11.9. The summed E-state index contributed by atoms with van der Waals surface area (Å²) in [6.07, 6.45) is 13.8. The first-order chi connectivity index (χ1) is 18.7. The van der Waals surface area contributed by atoms with Crippen LogP contribution in [0.5, 0.6) is 5.75 Å². The molecule has 4 heterocycles. The normalized spacial score (nSPS) is 24.2. The SMILES string of the molecule is O=C(CC1CCC(CCN2CCN(c3nccc4c3CCO4)CC2)CC1)c1ccc(N2CCCCC2)cc1. The third-order valence-electron chi connectivity index (χ3n) is 9.48. The maximum atomic E-state index is 13.0. The number of piperidine rings is 1. The number of hydrogen-bond donors (Lipinski definition) is 0. The van der Waals surface area contributed by atoms with Crippen LogP contribution in [-0.4, -0.2) is 68.1 Å². The Bertz CT molecular complexity index is 1070. The highest BCUT2D eigenvalue weighted by Crippen LogP contribution is 2.35. The maximum Gasteiger partial charge on any atom is 0.163 e. The minimum atomic E-state index is 0.335. The predicted octanol–water partition coefficient (Wildman–Crippen LogP) is 5.60. The van der Waals surface area contributed by atoms with E-state index in [0.717, 1.165) is 81.8 Å². The molecular formula is C32H44N4O2. The first-order valence-electron chi connectivity index (χ1n) is 15.2. The van der Waals surface area contributed by atoms with Gasteiger partial charge in [-0.05, 0) is 87.2 Å². The van der Waals surface area contributed by atoms with Gasteiger partial charge in [-0.1, -0.05) is 12.8 Å². The number of fused-ring (bicyclic) bond motifs is 1. The smallest absolute Gasteiger partial charge is 0.163 e. The lowest BCUT2D eigenvalue weighted by Crippen LogP contribution is -2.47. The lowest BCUT2D eigenvalue weighted by molar-refractivity contribution is 0.0940. The van der Waals surface area contributed by atoms with Crippen molar-refractivity contribution in [2.75, 3.05) is 62.2 Å². The van der Waals surface area contributed by atoms with E-state index in [9.17, 15) is 4.79 Å². The zero-order chi connectivity index (χ0) is 25.7. The second-order valence-electron chi connectivity index (χ2n) is 11.9. The molecule has 3 fully saturated rings. The number of anilines is 2. The fourth-order valence-corrected chi connectivity index (χ4v) is 7.03. The fraction of sp³-hybridized carbons (Fsp3) is 0.625. The number of Topliss-reactive ketones (excluding diaryl/α,β-unsaturated/α-hetero) is 1. The number of ketones is 1. The number of rotatable bonds is 8. The molecule has 4 aliphatic rings. The average Bonchev–Trinajstić information content (AvgIpc) is 3.47. The van der Waals surface area contributed by atoms with Crippen LogP contribution in [0.4, 0.5) is 11.5 Å². The monoisotopic (exact) mass is 516 g/mol. The summed E-state index contributed by atoms with van der Waals surface area (Å²) in [5.41, 5.74) is 3.47. The molecule has 0 spiro atoms. The van der Waals surface area contributed by atoms with E-state index in [1.54, 1.807) is 0 Å². The highest BCUT2D eigenvalue weighted by Gasteiger charge is 2.27. The van der Waals surface area contributed by atoms with Crippen molar-refractivity contribution in [3.05, 3.63) is 47.7 Å². The van der Waals surface area contributed by atoms with Crippen molar-refractivity contribution in [1.82, 2.24) is 9.88 Å². The van der Waals surface area contributed by atoms with Crippen LogP contribution in [0, 0.1) is 11.8 Å². The van der Waals surface area contributed by atoms with Crippen molar-refractivity contribution in [3.8, 4) is 5.75 Å². The Morgan fingerprint density at radius 2 is 1.58 bits per heavy atom. The molecule has 2 saturated heterocycles. The molecular weight excluding hydrogens is 472 g/mol. The van der Waals surface area contributed by atoms with E-state index in [1.165, 1.54) is 69.2 Å². The Morgan fingerprint density at radius 1 is 0.842 bits per heavy atom. The highest BCUT2D eigenvalue weighted by atomic mass is 16.5. The summed E-state index contributed by atoms with van der Waals surface area (Å²) in [4.78, 5) is 25.2. The molecule has 3 aliphatic heterocycles. The third-order valence-corrected chi connectivity index (χ3v) is 9.48. The summed E-state index contributed by atoms with van der Waals surface area (Å²) in [6, 6.07) is 10.4. The number of carbonyl (C=O) groups is 1. The maximum absolute atomic E-state index is 13.0. The summed E-state index contributed by atoms with van der Waals surface area (Å²) in [5.74, 6) is 3.89. The van der Waals surface area contributed by atoms with E-state index in [0.29, 0.717) is 11.7 Å². The molecule has 204 valence electrons. The quantitative estimate of drug-likeness (QED) is 0.426. The van der Waals surface area contributed by atoms with Gasteiger partial charge in [0.1, 0.15) is 11.6 Å². The zero-order valence-corrected chi connectivity index (χ0v) is 23.0. The van der Waals surface area contributed by atoms with Gasteiger partial charge in [-0.2, -0.15) is 0 Å². The van der Waals surface area contributed by atoms with Crippen molar-refractivity contribution in [2.45, 2.75) is 64.2 Å². The van der Waals surface area contributed by atoms with Crippen molar-refractivity contribution < 1.29 is 9.53 Å². The lowest BCUT2D eigenvalue weighted by Gasteiger charge is -2.37. The van der Waals surface area contributed by atoms with E-state index < -0.39 is 0 Å². The number of aromatic nitrogens is 1. The molecule has 0 bridgehead atoms. The molecule has 38 heavy (non-hydrogen) atoms. The number of benzene rings is 1. The topological polar surface area (TPSA) is 48.9 Å². The van der Waals surface area contributed by atoms with Crippen LogP contribution in [0.1, 0.15) is 73.7 Å². The molecule has 1 aliphatic carbocycles. The highest BCUT2D eigenvalue weighted by molar-refractivity contribution is 5.96. The van der Waals surface area contributed by atoms with Crippen LogP contribution in [-0.2, 0) is 6.42 Å². The van der Waals surface area contributed by atoms with Crippen LogP contribution in [0.25, 0.3) is 0 Å². The van der Waals surface area contributed by atoms with Crippen LogP contribution < -0.4 is 14.5 Å². The Morgan fingerprint density at radius 3 is 2.34 bits per heavy atom. The zero-order valence-electron chi connectivity index (χ0n) is 23.0. The molecule has 0 amide bonds. The number of piperazine rings is 1. The number of carbonyl (C=O) groups excluding carboxylic acids is 1. The van der Waals surface area contributed by atoms with Crippen LogP contribution in [0.15, 0.2) is 36.5 Å². The Hall–Kier alpha value is -2.60. The largest absolute Gasteiger partial charge is 0.493 e. The van der Waals surface area contributed by atoms with Crippen molar-refractivity contribution >= 4 is 17.3 Å². The Labute approximate surface area is 228 Å². The van der Waals surface area contributed by atoms with Crippen LogP contribution >= 0.6 is 0 Å². The average molecular weight is 517 g/mol. The molecule has 1 aromatic carbocycles. The first-order valence-corrected chi connectivity index (χ1v) is 15.2. The Balaban J connectivity index is 0.898. The predicted molar refractivity (Wildman–Crippen MR) is 154 cm³/mol. The van der Waals surface area contributed by atoms with E-state index >= 15 is 0 Å². The molecule has 6 nitrogen and oxygen atoms in total. The summed E-state index contributed by atoms with van der Waals surface area (Å²) in [6.45, 7) is 8.63. The molecule has 1 aromatic heterocycles. The van der Waals surface area contributed by atoms with Crippen LogP contribution in [0.2, 0.25) is 0 Å². The van der Waals surface area contributed by atoms with Gasteiger partial charge in [0.15, 0.2) is 5.78 Å². The number of nitrogens with zero attached hydrogens (tertiary/aromatic N) is 4. The van der Waals surface area contributed by atoms with Crippen LogP contribution in [0.3, 0.4) is 0 Å². The molecule has 0 radical (unpaired) electrons. The molecule has 0 unspecified atom stereocenters. The van der Waals surface area contributed by atoms with E-state index in [-0.39, 0.29) is 0 Å². The van der Waals surface area contributed by atoms with Gasteiger partial charge in [0, 0.05) is 75.1 Å².